The molecule has 0 radical (unpaired) electrons. The molecule has 31 heavy (non-hydrogen) atoms. The van der Waals surface area contributed by atoms with E-state index >= 15 is 0 Å². The first-order chi connectivity index (χ1) is 15.0. The van der Waals surface area contributed by atoms with Gasteiger partial charge in [0.15, 0.2) is 0 Å². The van der Waals surface area contributed by atoms with E-state index in [0.717, 1.165) is 38.5 Å². The molecule has 0 bridgehead atoms. The summed E-state index contributed by atoms with van der Waals surface area (Å²) in [6.45, 7) is 19.4. The minimum Gasteiger partial charge on any atom is -0.460 e. The van der Waals surface area contributed by atoms with Crippen molar-refractivity contribution in [2.75, 3.05) is 13.1 Å². The maximum Gasteiger partial charge on any atom is 0.347 e. The molecule has 1 aliphatic carbocycles. The molecular formula is C27H41NO3. The van der Waals surface area contributed by atoms with E-state index in [-0.39, 0.29) is 6.10 Å². The fourth-order valence-corrected chi connectivity index (χ4v) is 4.08. The van der Waals surface area contributed by atoms with Crippen molar-refractivity contribution >= 4 is 5.97 Å². The van der Waals surface area contributed by atoms with E-state index < -0.39 is 11.6 Å². The van der Waals surface area contributed by atoms with E-state index in [1.165, 1.54) is 50.2 Å². The number of nitrogens with one attached hydrogen (secondary N) is 1. The van der Waals surface area contributed by atoms with Crippen molar-refractivity contribution in [1.82, 2.24) is 5.32 Å². The van der Waals surface area contributed by atoms with Gasteiger partial charge >= 0.3 is 5.97 Å². The first-order valence-electron chi connectivity index (χ1n) is 11.5. The van der Waals surface area contributed by atoms with Gasteiger partial charge in [-0.2, -0.15) is 0 Å². The van der Waals surface area contributed by atoms with Gasteiger partial charge in [-0.3, -0.25) is 0 Å². The van der Waals surface area contributed by atoms with Gasteiger partial charge in [0.2, 0.25) is 5.60 Å². The van der Waals surface area contributed by atoms with Crippen LogP contribution in [-0.4, -0.2) is 35.9 Å². The lowest BCUT2D eigenvalue weighted by Crippen LogP contribution is -2.44. The van der Waals surface area contributed by atoms with E-state index in [4.69, 9.17) is 4.74 Å². The first kappa shape index (κ1) is 26.9. The second-order valence-electron chi connectivity index (χ2n) is 8.11. The van der Waals surface area contributed by atoms with Crippen LogP contribution in [-0.2, 0) is 9.53 Å². The lowest BCUT2D eigenvalue weighted by atomic mass is 9.84. The summed E-state index contributed by atoms with van der Waals surface area (Å²) in [6.07, 6.45) is 17.6. The zero-order valence-corrected chi connectivity index (χ0v) is 19.3. The summed E-state index contributed by atoms with van der Waals surface area (Å²) in [6, 6.07) is 0. The minimum atomic E-state index is -1.99. The molecule has 2 N–H and O–H groups in total. The second kappa shape index (κ2) is 14.8. The molecular weight excluding hydrogens is 386 g/mol. The first-order valence-corrected chi connectivity index (χ1v) is 11.5. The van der Waals surface area contributed by atoms with Crippen LogP contribution in [0.3, 0.4) is 0 Å². The van der Waals surface area contributed by atoms with Crippen LogP contribution in [0.4, 0.5) is 0 Å². The number of ether oxygens (including phenoxy) is 1. The van der Waals surface area contributed by atoms with Gasteiger partial charge in [0, 0.05) is 0 Å². The monoisotopic (exact) mass is 427 g/mol. The Bertz CT molecular complexity index is 632. The van der Waals surface area contributed by atoms with Crippen LogP contribution >= 0.6 is 0 Å². The van der Waals surface area contributed by atoms with Crippen LogP contribution in [0.5, 0.6) is 0 Å². The summed E-state index contributed by atoms with van der Waals surface area (Å²) < 4.78 is 5.79. The smallest absolute Gasteiger partial charge is 0.347 e. The van der Waals surface area contributed by atoms with Crippen LogP contribution in [0.25, 0.3) is 0 Å². The average Bonchev–Trinajstić information content (AvgIpc) is 3.29. The topological polar surface area (TPSA) is 58.6 Å². The molecule has 0 aromatic heterocycles. The molecule has 1 aliphatic heterocycles. The van der Waals surface area contributed by atoms with Crippen molar-refractivity contribution in [3.63, 3.8) is 0 Å². The number of allylic oxidation sites excluding steroid dienone is 4. The molecule has 4 heteroatoms. The van der Waals surface area contributed by atoms with Gasteiger partial charge in [-0.15, -0.1) is 0 Å². The molecule has 2 rings (SSSR count). The Kier molecular flexibility index (Phi) is 12.8. The quantitative estimate of drug-likeness (QED) is 0.286. The molecule has 0 amide bonds. The Morgan fingerprint density at radius 1 is 1.00 bits per heavy atom. The van der Waals surface area contributed by atoms with Crippen molar-refractivity contribution in [2.45, 2.75) is 70.0 Å². The molecule has 1 heterocycles. The van der Waals surface area contributed by atoms with Gasteiger partial charge in [0.25, 0.3) is 0 Å². The molecule has 2 atom stereocenters. The van der Waals surface area contributed by atoms with Gasteiger partial charge in [-0.1, -0.05) is 89.0 Å². The van der Waals surface area contributed by atoms with Gasteiger partial charge in [-0.25, -0.2) is 4.79 Å². The third-order valence-electron chi connectivity index (χ3n) is 5.96. The number of rotatable bonds is 9. The number of hydrogen-bond donors (Lipinski definition) is 2. The molecule has 0 aromatic rings. The SMILES string of the molecule is C1CCNC1.C=C/C=C(\C=C)C(O)(C(=O)O[C@@H]1CCCC[C@H](CC)C1)/C(C=C)=C/C=C. The van der Waals surface area contributed by atoms with Crippen LogP contribution in [0, 0.1) is 5.92 Å². The Hall–Kier alpha value is -2.17. The highest BCUT2D eigenvalue weighted by molar-refractivity contribution is 5.89. The predicted octanol–water partition coefficient (Wildman–Crippen LogP) is 5.59. The number of hydrogen-bond acceptors (Lipinski definition) is 4. The van der Waals surface area contributed by atoms with Crippen molar-refractivity contribution < 1.29 is 14.6 Å². The largest absolute Gasteiger partial charge is 0.460 e. The van der Waals surface area contributed by atoms with Crippen LogP contribution < -0.4 is 5.32 Å². The zero-order chi connectivity index (χ0) is 23.1. The fourth-order valence-electron chi connectivity index (χ4n) is 4.08. The number of aliphatic hydroxyl groups is 1. The molecule has 4 nitrogen and oxygen atoms in total. The summed E-state index contributed by atoms with van der Waals surface area (Å²) in [5, 5.41) is 14.6. The number of carbonyl (C=O) groups is 1. The maximum absolute atomic E-state index is 13.1. The van der Waals surface area contributed by atoms with Crippen molar-refractivity contribution in [2.24, 2.45) is 5.92 Å². The van der Waals surface area contributed by atoms with Crippen molar-refractivity contribution in [1.29, 1.82) is 0 Å². The van der Waals surface area contributed by atoms with E-state index in [1.54, 1.807) is 12.2 Å². The molecule has 1 saturated carbocycles. The fraction of sp³-hybridized carbons (Fsp3) is 0.519. The van der Waals surface area contributed by atoms with E-state index in [2.05, 4.69) is 38.6 Å². The standard InChI is InChI=1S/C23H32O3.C4H9N/c1-6-13-19(9-4)23(25,20(10-5)14-7-2)22(24)26-21-16-12-11-15-18(8-3)17-21;1-2-4-5-3-1/h6-7,9-10,13-14,18,21,25H,1-2,4-5,8,11-12,15-17H2,3H3;5H,1-4H2/b19-13+,20-14+;/t18-,21+;/m0./s1. The highest BCUT2D eigenvalue weighted by Gasteiger charge is 2.44. The summed E-state index contributed by atoms with van der Waals surface area (Å²) in [5.41, 5.74) is -1.39. The summed E-state index contributed by atoms with van der Waals surface area (Å²) >= 11 is 0. The highest BCUT2D eigenvalue weighted by Crippen LogP contribution is 2.33. The third kappa shape index (κ3) is 8.12. The molecule has 0 spiro atoms. The van der Waals surface area contributed by atoms with E-state index in [9.17, 15) is 9.90 Å². The molecule has 2 aliphatic rings. The Morgan fingerprint density at radius 3 is 1.97 bits per heavy atom. The summed E-state index contributed by atoms with van der Waals surface area (Å²) in [4.78, 5) is 13.1. The summed E-state index contributed by atoms with van der Waals surface area (Å²) in [5.74, 6) is -0.158. The third-order valence-corrected chi connectivity index (χ3v) is 5.96. The Balaban J connectivity index is 0.000000836. The predicted molar refractivity (Wildman–Crippen MR) is 131 cm³/mol. The van der Waals surface area contributed by atoms with Gasteiger partial charge in [0.05, 0.1) is 0 Å². The second-order valence-corrected chi connectivity index (χ2v) is 8.11. The maximum atomic E-state index is 13.1. The number of esters is 1. The molecule has 0 aromatic carbocycles. The van der Waals surface area contributed by atoms with E-state index in [0.29, 0.717) is 17.1 Å². The number of carbonyl (C=O) groups excluding carboxylic acids is 1. The molecule has 172 valence electrons. The normalized spacial score (nSPS) is 23.9. The Labute approximate surface area is 189 Å². The van der Waals surface area contributed by atoms with Gasteiger partial charge < -0.3 is 15.2 Å². The zero-order valence-electron chi connectivity index (χ0n) is 19.3. The van der Waals surface area contributed by atoms with Crippen molar-refractivity contribution in [3.8, 4) is 0 Å². The van der Waals surface area contributed by atoms with Crippen LogP contribution in [0.2, 0.25) is 0 Å². The summed E-state index contributed by atoms with van der Waals surface area (Å²) in [7, 11) is 0. The Morgan fingerprint density at radius 2 is 1.55 bits per heavy atom. The van der Waals surface area contributed by atoms with Gasteiger partial charge in [0.1, 0.15) is 6.10 Å². The lowest BCUT2D eigenvalue weighted by Gasteiger charge is -2.31. The lowest BCUT2D eigenvalue weighted by molar-refractivity contribution is -0.164. The average molecular weight is 428 g/mol. The van der Waals surface area contributed by atoms with Crippen LogP contribution in [0.1, 0.15) is 58.3 Å². The molecule has 2 fully saturated rings. The van der Waals surface area contributed by atoms with E-state index in [1.807, 2.05) is 0 Å². The highest BCUT2D eigenvalue weighted by atomic mass is 16.6. The minimum absolute atomic E-state index is 0.189. The molecule has 1 saturated heterocycles. The molecule has 0 unspecified atom stereocenters. The van der Waals surface area contributed by atoms with Gasteiger partial charge in [-0.05, 0) is 62.3 Å². The van der Waals surface area contributed by atoms with Crippen LogP contribution in [0.15, 0.2) is 73.9 Å². The van der Waals surface area contributed by atoms with Crippen molar-refractivity contribution in [3.05, 3.63) is 73.9 Å².